The van der Waals surface area contributed by atoms with Crippen molar-refractivity contribution < 1.29 is 13.2 Å². The number of sulfonamides is 1. The van der Waals surface area contributed by atoms with E-state index < -0.39 is 16.1 Å². The number of halogens is 1. The summed E-state index contributed by atoms with van der Waals surface area (Å²) in [6.07, 6.45) is 1.56. The van der Waals surface area contributed by atoms with Crippen LogP contribution in [-0.4, -0.2) is 36.9 Å². The molecule has 1 atom stereocenters. The first-order valence-corrected chi connectivity index (χ1v) is 11.3. The summed E-state index contributed by atoms with van der Waals surface area (Å²) in [5.74, 6) is 0.678. The van der Waals surface area contributed by atoms with Gasteiger partial charge >= 0.3 is 0 Å². The van der Waals surface area contributed by atoms with Gasteiger partial charge in [0.15, 0.2) is 0 Å². The second-order valence-corrected chi connectivity index (χ2v) is 9.29. The van der Waals surface area contributed by atoms with E-state index in [1.165, 1.54) is 0 Å². The van der Waals surface area contributed by atoms with E-state index >= 15 is 0 Å². The standard InChI is InChI=1S/C21H20ClN3O3S/c1-13-4-6-14(7-5-13)19-12-20(25(24-19)29(3,26)27)17-10-15-8-9-16(28-2)11-18(15)23-21(17)22/h4-11,20H,12H2,1-3H3. The smallest absolute Gasteiger partial charge is 0.247 e. The van der Waals surface area contributed by atoms with Gasteiger partial charge < -0.3 is 4.74 Å². The van der Waals surface area contributed by atoms with Crippen LogP contribution in [0.25, 0.3) is 10.9 Å². The molecule has 0 saturated carbocycles. The molecule has 1 aliphatic heterocycles. The first kappa shape index (κ1) is 19.7. The summed E-state index contributed by atoms with van der Waals surface area (Å²) in [5, 5.41) is 5.53. The molecular weight excluding hydrogens is 410 g/mol. The van der Waals surface area contributed by atoms with Crippen LogP contribution in [0.4, 0.5) is 0 Å². The highest BCUT2D eigenvalue weighted by Crippen LogP contribution is 2.38. The van der Waals surface area contributed by atoms with Crippen LogP contribution in [0.2, 0.25) is 5.15 Å². The minimum Gasteiger partial charge on any atom is -0.497 e. The minimum absolute atomic E-state index is 0.254. The molecule has 0 aliphatic carbocycles. The van der Waals surface area contributed by atoms with Crippen LogP contribution in [0.3, 0.4) is 0 Å². The van der Waals surface area contributed by atoms with E-state index in [9.17, 15) is 8.42 Å². The van der Waals surface area contributed by atoms with Crippen molar-refractivity contribution in [2.75, 3.05) is 13.4 Å². The van der Waals surface area contributed by atoms with E-state index in [-0.39, 0.29) is 5.15 Å². The van der Waals surface area contributed by atoms with E-state index in [4.69, 9.17) is 16.3 Å². The van der Waals surface area contributed by atoms with Crippen molar-refractivity contribution in [3.05, 3.63) is 70.4 Å². The number of aryl methyl sites for hydroxylation is 1. The number of methoxy groups -OCH3 is 1. The van der Waals surface area contributed by atoms with Crippen molar-refractivity contribution in [1.82, 2.24) is 9.40 Å². The topological polar surface area (TPSA) is 71.9 Å². The number of hydrogen-bond acceptors (Lipinski definition) is 5. The van der Waals surface area contributed by atoms with Crippen molar-refractivity contribution in [1.29, 1.82) is 0 Å². The quantitative estimate of drug-likeness (QED) is 0.579. The highest BCUT2D eigenvalue weighted by atomic mass is 35.5. The lowest BCUT2D eigenvalue weighted by atomic mass is 9.98. The maximum atomic E-state index is 12.4. The molecule has 150 valence electrons. The Balaban J connectivity index is 1.79. The first-order valence-electron chi connectivity index (χ1n) is 9.04. The van der Waals surface area contributed by atoms with Gasteiger partial charge in [-0.25, -0.2) is 13.4 Å². The van der Waals surface area contributed by atoms with Crippen LogP contribution in [-0.2, 0) is 10.0 Å². The highest BCUT2D eigenvalue weighted by Gasteiger charge is 2.36. The maximum absolute atomic E-state index is 12.4. The number of ether oxygens (including phenoxy) is 1. The predicted molar refractivity (Wildman–Crippen MR) is 115 cm³/mol. The van der Waals surface area contributed by atoms with Crippen LogP contribution < -0.4 is 4.74 Å². The Morgan fingerprint density at radius 3 is 2.52 bits per heavy atom. The number of pyridine rings is 1. The maximum Gasteiger partial charge on any atom is 0.247 e. The second kappa shape index (κ2) is 7.31. The van der Waals surface area contributed by atoms with Crippen LogP contribution >= 0.6 is 11.6 Å². The zero-order valence-corrected chi connectivity index (χ0v) is 17.8. The molecule has 1 unspecified atom stereocenters. The van der Waals surface area contributed by atoms with Gasteiger partial charge in [-0.1, -0.05) is 41.4 Å². The number of hydrogen-bond donors (Lipinski definition) is 0. The molecule has 0 bridgehead atoms. The fourth-order valence-corrected chi connectivity index (χ4v) is 4.62. The fraction of sp³-hybridized carbons (Fsp3) is 0.238. The number of benzene rings is 2. The summed E-state index contributed by atoms with van der Waals surface area (Å²) in [6, 6.07) is 14.7. The molecule has 0 saturated heterocycles. The van der Waals surface area contributed by atoms with Crippen LogP contribution in [0.1, 0.15) is 29.2 Å². The average Bonchev–Trinajstić information content (AvgIpc) is 3.13. The van der Waals surface area contributed by atoms with Gasteiger partial charge in [0.25, 0.3) is 0 Å². The molecule has 2 heterocycles. The summed E-state index contributed by atoms with van der Waals surface area (Å²) < 4.78 is 31.3. The Hall–Kier alpha value is -2.64. The first-order chi connectivity index (χ1) is 13.8. The fourth-order valence-electron chi connectivity index (χ4n) is 3.45. The van der Waals surface area contributed by atoms with Crippen molar-refractivity contribution in [2.24, 2.45) is 5.10 Å². The third-order valence-electron chi connectivity index (χ3n) is 4.96. The number of fused-ring (bicyclic) bond motifs is 1. The monoisotopic (exact) mass is 429 g/mol. The van der Waals surface area contributed by atoms with E-state index in [0.29, 0.717) is 29.0 Å². The molecule has 4 rings (SSSR count). The lowest BCUT2D eigenvalue weighted by molar-refractivity contribution is 0.374. The number of aromatic nitrogens is 1. The Bertz CT molecular complexity index is 1220. The van der Waals surface area contributed by atoms with Crippen molar-refractivity contribution in [2.45, 2.75) is 19.4 Å². The van der Waals surface area contributed by atoms with Gasteiger partial charge in [-0.3, -0.25) is 0 Å². The SMILES string of the molecule is COc1ccc2cc(C3CC(c4ccc(C)cc4)=NN3S(C)(=O)=O)c(Cl)nc2c1. The van der Waals surface area contributed by atoms with Gasteiger partial charge in [0, 0.05) is 23.4 Å². The molecule has 3 aromatic rings. The van der Waals surface area contributed by atoms with E-state index in [2.05, 4.69) is 10.1 Å². The average molecular weight is 430 g/mol. The molecule has 0 fully saturated rings. The van der Waals surface area contributed by atoms with Gasteiger partial charge in [-0.15, -0.1) is 0 Å². The number of hydrazone groups is 1. The molecule has 0 radical (unpaired) electrons. The molecule has 0 spiro atoms. The molecule has 6 nitrogen and oxygen atoms in total. The third kappa shape index (κ3) is 3.80. The van der Waals surface area contributed by atoms with Crippen LogP contribution in [0.15, 0.2) is 53.6 Å². The zero-order valence-electron chi connectivity index (χ0n) is 16.3. The zero-order chi connectivity index (χ0) is 20.8. The molecule has 0 amide bonds. The number of nitrogens with zero attached hydrogens (tertiary/aromatic N) is 3. The molecule has 2 aromatic carbocycles. The van der Waals surface area contributed by atoms with Gasteiger partial charge in [0.2, 0.25) is 10.0 Å². The molecule has 29 heavy (non-hydrogen) atoms. The summed E-state index contributed by atoms with van der Waals surface area (Å²) >= 11 is 6.48. The number of rotatable bonds is 4. The van der Waals surface area contributed by atoms with Crippen molar-refractivity contribution in [3.63, 3.8) is 0 Å². The van der Waals surface area contributed by atoms with Gasteiger partial charge in [0.05, 0.1) is 30.6 Å². The van der Waals surface area contributed by atoms with Crippen LogP contribution in [0.5, 0.6) is 5.75 Å². The summed E-state index contributed by atoms with van der Waals surface area (Å²) in [4.78, 5) is 4.47. The lowest BCUT2D eigenvalue weighted by Gasteiger charge is -2.22. The molecular formula is C21H20ClN3O3S. The Kier molecular flexibility index (Phi) is 4.96. The van der Waals surface area contributed by atoms with Crippen molar-refractivity contribution in [3.8, 4) is 5.75 Å². The minimum atomic E-state index is -3.59. The lowest BCUT2D eigenvalue weighted by Crippen LogP contribution is -2.26. The Morgan fingerprint density at radius 2 is 1.86 bits per heavy atom. The second-order valence-electron chi connectivity index (χ2n) is 7.10. The van der Waals surface area contributed by atoms with Gasteiger partial charge in [-0.2, -0.15) is 9.52 Å². The molecule has 1 aliphatic rings. The normalized spacial score (nSPS) is 16.9. The Labute approximate surface area is 174 Å². The van der Waals surface area contributed by atoms with E-state index in [0.717, 1.165) is 27.2 Å². The van der Waals surface area contributed by atoms with E-state index in [1.54, 1.807) is 13.2 Å². The Morgan fingerprint density at radius 1 is 1.14 bits per heavy atom. The predicted octanol–water partition coefficient (Wildman–Crippen LogP) is 4.32. The van der Waals surface area contributed by atoms with Gasteiger partial charge in [-0.05, 0) is 30.7 Å². The third-order valence-corrected chi connectivity index (χ3v) is 6.28. The molecule has 0 N–H and O–H groups in total. The summed E-state index contributed by atoms with van der Waals surface area (Å²) in [7, 11) is -2.00. The largest absolute Gasteiger partial charge is 0.497 e. The summed E-state index contributed by atoms with van der Waals surface area (Å²) in [5.41, 5.74) is 4.02. The summed E-state index contributed by atoms with van der Waals surface area (Å²) in [6.45, 7) is 2.00. The highest BCUT2D eigenvalue weighted by molar-refractivity contribution is 7.88. The molecule has 1 aromatic heterocycles. The van der Waals surface area contributed by atoms with Crippen molar-refractivity contribution >= 4 is 38.2 Å². The van der Waals surface area contributed by atoms with Crippen LogP contribution in [0, 0.1) is 6.92 Å². The van der Waals surface area contributed by atoms with Gasteiger partial charge in [0.1, 0.15) is 10.9 Å². The molecule has 8 heteroatoms. The van der Waals surface area contributed by atoms with E-state index in [1.807, 2.05) is 49.4 Å².